The number of carbonyl (C=O) groups is 1. The molecule has 1 aromatic heterocycles. The number of nitrogens with zero attached hydrogens (tertiary/aromatic N) is 4. The maximum atomic E-state index is 13.8. The highest BCUT2D eigenvalue weighted by molar-refractivity contribution is 5.84. The fourth-order valence-corrected chi connectivity index (χ4v) is 4.66. The van der Waals surface area contributed by atoms with Crippen LogP contribution in [0.3, 0.4) is 0 Å². The Labute approximate surface area is 209 Å². The molecule has 36 heavy (non-hydrogen) atoms. The molecule has 0 radical (unpaired) electrons. The van der Waals surface area contributed by atoms with Crippen molar-refractivity contribution in [1.82, 2.24) is 19.8 Å². The van der Waals surface area contributed by atoms with Crippen molar-refractivity contribution in [3.63, 3.8) is 0 Å². The van der Waals surface area contributed by atoms with Crippen LogP contribution in [0.1, 0.15) is 39.6 Å². The molecule has 0 spiro atoms. The molecule has 7 heteroatoms. The van der Waals surface area contributed by atoms with E-state index < -0.39 is 6.04 Å². The molecule has 0 fully saturated rings. The van der Waals surface area contributed by atoms with Crippen molar-refractivity contribution < 1.29 is 9.18 Å². The summed E-state index contributed by atoms with van der Waals surface area (Å²) in [6.45, 7) is 2.00. The Bertz CT molecular complexity index is 1410. The van der Waals surface area contributed by atoms with Crippen LogP contribution in [0.4, 0.5) is 4.39 Å². The number of nitrogens with one attached hydrogen (secondary N) is 1. The Kier molecular flexibility index (Phi) is 6.87. The van der Waals surface area contributed by atoms with Crippen LogP contribution in [0.15, 0.2) is 85.3 Å². The zero-order chi connectivity index (χ0) is 24.9. The van der Waals surface area contributed by atoms with Crippen LogP contribution in [0.25, 0.3) is 0 Å². The number of aromatic nitrogens is 2. The normalized spacial score (nSPS) is 15.3. The van der Waals surface area contributed by atoms with Crippen LogP contribution in [0, 0.1) is 17.1 Å². The van der Waals surface area contributed by atoms with Gasteiger partial charge in [-0.3, -0.25) is 10.1 Å². The van der Waals surface area contributed by atoms with E-state index in [1.54, 1.807) is 35.6 Å². The van der Waals surface area contributed by atoms with Crippen molar-refractivity contribution in [1.29, 1.82) is 5.26 Å². The number of nitriles is 1. The standard InChI is InChI=1S/C29H26FN5O/c30-25-6-3-4-23(14-25)19-34-13-12-24-5-1-2-7-27(24)28(29(34)36)33-17-26-16-32-20-35(26)18-22-10-8-21(15-31)9-11-22/h1-11,14,16,20,28,33H,12-13,17-19H2. The third-order valence-electron chi connectivity index (χ3n) is 6.56. The number of carbonyl (C=O) groups excluding carboxylic acids is 1. The van der Waals surface area contributed by atoms with Gasteiger partial charge in [-0.1, -0.05) is 48.5 Å². The number of hydrogen-bond donors (Lipinski definition) is 1. The van der Waals surface area contributed by atoms with Crippen LogP contribution in [0.2, 0.25) is 0 Å². The fraction of sp³-hybridized carbons (Fsp3) is 0.207. The maximum absolute atomic E-state index is 13.8. The van der Waals surface area contributed by atoms with E-state index in [1.165, 1.54) is 12.1 Å². The number of amides is 1. The van der Waals surface area contributed by atoms with E-state index in [1.807, 2.05) is 41.0 Å². The first-order valence-electron chi connectivity index (χ1n) is 11.9. The molecule has 1 N–H and O–H groups in total. The minimum Gasteiger partial charge on any atom is -0.336 e. The molecule has 0 saturated carbocycles. The average molecular weight is 480 g/mol. The monoisotopic (exact) mass is 479 g/mol. The van der Waals surface area contributed by atoms with E-state index in [-0.39, 0.29) is 11.7 Å². The van der Waals surface area contributed by atoms with E-state index in [9.17, 15) is 9.18 Å². The Morgan fingerprint density at radius 1 is 1.03 bits per heavy atom. The van der Waals surface area contributed by atoms with E-state index >= 15 is 0 Å². The van der Waals surface area contributed by atoms with Crippen LogP contribution in [-0.4, -0.2) is 26.9 Å². The lowest BCUT2D eigenvalue weighted by Gasteiger charge is -2.26. The second-order valence-electron chi connectivity index (χ2n) is 8.97. The van der Waals surface area contributed by atoms with Crippen LogP contribution >= 0.6 is 0 Å². The van der Waals surface area contributed by atoms with Crippen LogP contribution in [-0.2, 0) is 30.8 Å². The highest BCUT2D eigenvalue weighted by atomic mass is 19.1. The second kappa shape index (κ2) is 10.5. The van der Waals surface area contributed by atoms with Crippen molar-refractivity contribution in [2.75, 3.05) is 6.54 Å². The van der Waals surface area contributed by atoms with Crippen LogP contribution in [0.5, 0.6) is 0 Å². The highest BCUT2D eigenvalue weighted by Crippen LogP contribution is 2.26. The molecule has 2 heterocycles. The molecule has 0 aliphatic carbocycles. The first-order valence-corrected chi connectivity index (χ1v) is 11.9. The molecule has 1 aliphatic rings. The summed E-state index contributed by atoms with van der Waals surface area (Å²) in [6, 6.07) is 23.5. The molecule has 1 unspecified atom stereocenters. The minimum absolute atomic E-state index is 0.0256. The summed E-state index contributed by atoms with van der Waals surface area (Å²) in [5.74, 6) is -0.328. The molecule has 1 amide bonds. The van der Waals surface area contributed by atoms with Crippen LogP contribution < -0.4 is 5.32 Å². The minimum atomic E-state index is -0.518. The van der Waals surface area contributed by atoms with Gasteiger partial charge in [0.25, 0.3) is 0 Å². The van der Waals surface area contributed by atoms with Gasteiger partial charge in [0.15, 0.2) is 0 Å². The predicted octanol–water partition coefficient (Wildman–Crippen LogP) is 4.36. The number of fused-ring (bicyclic) bond motifs is 1. The lowest BCUT2D eigenvalue weighted by atomic mass is 9.99. The molecule has 0 saturated heterocycles. The second-order valence-corrected chi connectivity index (χ2v) is 8.97. The molecule has 3 aromatic carbocycles. The Hall–Kier alpha value is -4.28. The maximum Gasteiger partial charge on any atom is 0.244 e. The van der Waals surface area contributed by atoms with Crippen molar-refractivity contribution in [3.05, 3.63) is 125 Å². The topological polar surface area (TPSA) is 74.0 Å². The largest absolute Gasteiger partial charge is 0.336 e. The molecule has 1 aliphatic heterocycles. The fourth-order valence-electron chi connectivity index (χ4n) is 4.66. The summed E-state index contributed by atoms with van der Waals surface area (Å²) in [5, 5.41) is 12.5. The first kappa shape index (κ1) is 23.5. The van der Waals surface area contributed by atoms with Gasteiger partial charge >= 0.3 is 0 Å². The van der Waals surface area contributed by atoms with E-state index in [0.29, 0.717) is 31.7 Å². The number of benzene rings is 3. The summed E-state index contributed by atoms with van der Waals surface area (Å²) in [6.07, 6.45) is 4.31. The van der Waals surface area contributed by atoms with Gasteiger partial charge < -0.3 is 9.47 Å². The molecule has 5 rings (SSSR count). The first-order chi connectivity index (χ1) is 17.6. The highest BCUT2D eigenvalue weighted by Gasteiger charge is 2.30. The van der Waals surface area contributed by atoms with Gasteiger partial charge in [-0.2, -0.15) is 5.26 Å². The third-order valence-corrected chi connectivity index (χ3v) is 6.56. The van der Waals surface area contributed by atoms with Crippen molar-refractivity contribution in [3.8, 4) is 6.07 Å². The molecular formula is C29H26FN5O. The molecule has 6 nitrogen and oxygen atoms in total. The van der Waals surface area contributed by atoms with Crippen molar-refractivity contribution in [2.45, 2.75) is 32.1 Å². The summed E-state index contributed by atoms with van der Waals surface area (Å²) >= 11 is 0. The number of halogens is 1. The van der Waals surface area contributed by atoms with Gasteiger partial charge in [0.1, 0.15) is 11.9 Å². The Morgan fingerprint density at radius 3 is 2.67 bits per heavy atom. The van der Waals surface area contributed by atoms with E-state index in [0.717, 1.165) is 34.4 Å². The number of imidazole rings is 1. The van der Waals surface area contributed by atoms with Gasteiger partial charge in [0, 0.05) is 32.4 Å². The van der Waals surface area contributed by atoms with Gasteiger partial charge in [-0.15, -0.1) is 0 Å². The third kappa shape index (κ3) is 5.19. The van der Waals surface area contributed by atoms with Crippen molar-refractivity contribution >= 4 is 5.91 Å². The average Bonchev–Trinajstić information content (AvgIpc) is 3.29. The SMILES string of the molecule is N#Cc1ccc(Cn2cncc2CNC2C(=O)N(Cc3cccc(F)c3)CCc3ccccc32)cc1. The zero-order valence-corrected chi connectivity index (χ0v) is 19.8. The smallest absolute Gasteiger partial charge is 0.244 e. The summed E-state index contributed by atoms with van der Waals surface area (Å²) in [5.41, 5.74) is 5.52. The molecule has 180 valence electrons. The van der Waals surface area contributed by atoms with Gasteiger partial charge in [-0.05, 0) is 52.9 Å². The quantitative estimate of drug-likeness (QED) is 0.428. The van der Waals surface area contributed by atoms with Gasteiger partial charge in [-0.25, -0.2) is 9.37 Å². The molecule has 1 atom stereocenters. The zero-order valence-electron chi connectivity index (χ0n) is 19.8. The predicted molar refractivity (Wildman–Crippen MR) is 134 cm³/mol. The van der Waals surface area contributed by atoms with Crippen molar-refractivity contribution in [2.24, 2.45) is 0 Å². The summed E-state index contributed by atoms with van der Waals surface area (Å²) in [7, 11) is 0. The Balaban J connectivity index is 1.35. The lowest BCUT2D eigenvalue weighted by molar-refractivity contribution is -0.134. The van der Waals surface area contributed by atoms with E-state index in [2.05, 4.69) is 22.4 Å². The number of rotatable bonds is 7. The molecular weight excluding hydrogens is 453 g/mol. The number of hydrogen-bond acceptors (Lipinski definition) is 4. The lowest BCUT2D eigenvalue weighted by Crippen LogP contribution is -2.39. The van der Waals surface area contributed by atoms with Gasteiger partial charge in [0.05, 0.1) is 23.7 Å². The Morgan fingerprint density at radius 2 is 1.86 bits per heavy atom. The molecule has 4 aromatic rings. The van der Waals surface area contributed by atoms with Gasteiger partial charge in [0.2, 0.25) is 5.91 Å². The molecule has 0 bridgehead atoms. The summed E-state index contributed by atoms with van der Waals surface area (Å²) in [4.78, 5) is 19.8. The van der Waals surface area contributed by atoms with E-state index in [4.69, 9.17) is 5.26 Å². The summed E-state index contributed by atoms with van der Waals surface area (Å²) < 4.78 is 15.8.